The molecule has 0 aromatic carbocycles. The van der Waals surface area contributed by atoms with Crippen LogP contribution in [0.4, 0.5) is 4.79 Å². The first-order valence-electron chi connectivity index (χ1n) is 8.64. The van der Waals surface area contributed by atoms with E-state index in [1.807, 2.05) is 25.7 Å². The monoisotopic (exact) mass is 327 g/mol. The van der Waals surface area contributed by atoms with E-state index in [4.69, 9.17) is 4.74 Å². The van der Waals surface area contributed by atoms with Crippen LogP contribution in [0.3, 0.4) is 0 Å². The number of alkyl carbamates (subject to hydrolysis) is 1. The minimum atomic E-state index is -0.488. The van der Waals surface area contributed by atoms with Gasteiger partial charge in [0.25, 0.3) is 0 Å². The van der Waals surface area contributed by atoms with Gasteiger partial charge in [0, 0.05) is 26.2 Å². The lowest BCUT2D eigenvalue weighted by Crippen LogP contribution is -2.42. The fourth-order valence-electron chi connectivity index (χ4n) is 2.52. The second-order valence-corrected chi connectivity index (χ2v) is 7.61. The molecular formula is C17H33N3O3. The van der Waals surface area contributed by atoms with Crippen molar-refractivity contribution < 1.29 is 14.3 Å². The molecule has 1 rings (SSSR count). The van der Waals surface area contributed by atoms with E-state index < -0.39 is 11.7 Å². The molecule has 1 aliphatic rings. The quantitative estimate of drug-likeness (QED) is 0.750. The van der Waals surface area contributed by atoms with Crippen molar-refractivity contribution in [2.24, 2.45) is 11.8 Å². The largest absolute Gasteiger partial charge is 0.444 e. The number of carbonyl (C=O) groups excluding carboxylic acids is 2. The smallest absolute Gasteiger partial charge is 0.407 e. The number of amides is 2. The number of likely N-dealkylation sites (tertiary alicyclic amines) is 1. The molecule has 0 radical (unpaired) electrons. The molecule has 0 saturated carbocycles. The third-order valence-electron chi connectivity index (χ3n) is 3.99. The number of carbonyl (C=O) groups is 2. The summed E-state index contributed by atoms with van der Waals surface area (Å²) in [6, 6.07) is 0. The van der Waals surface area contributed by atoms with E-state index in [1.54, 1.807) is 0 Å². The van der Waals surface area contributed by atoms with Crippen LogP contribution in [-0.4, -0.2) is 55.2 Å². The summed E-state index contributed by atoms with van der Waals surface area (Å²) in [6.07, 6.45) is 1.83. The minimum absolute atomic E-state index is 0.171. The van der Waals surface area contributed by atoms with Crippen LogP contribution < -0.4 is 10.6 Å². The standard InChI is InChI=1S/C17H33N3O3/c1-13(2)14(11-19-16(22)23-17(3,4)5)10-18-12-15(21)20-8-6-7-9-20/h13-14,18H,6-12H2,1-5H3,(H,19,22). The summed E-state index contributed by atoms with van der Waals surface area (Å²) >= 11 is 0. The van der Waals surface area contributed by atoms with Gasteiger partial charge in [-0.15, -0.1) is 0 Å². The van der Waals surface area contributed by atoms with Crippen molar-refractivity contribution in [3.8, 4) is 0 Å². The third-order valence-corrected chi connectivity index (χ3v) is 3.99. The molecular weight excluding hydrogens is 294 g/mol. The molecule has 0 spiro atoms. The van der Waals surface area contributed by atoms with Gasteiger partial charge >= 0.3 is 6.09 Å². The molecule has 1 unspecified atom stereocenters. The number of rotatable bonds is 7. The van der Waals surface area contributed by atoms with Gasteiger partial charge in [-0.3, -0.25) is 4.79 Å². The SMILES string of the molecule is CC(C)C(CNCC(=O)N1CCCC1)CNC(=O)OC(C)(C)C. The summed E-state index contributed by atoms with van der Waals surface area (Å²) in [7, 11) is 0. The Morgan fingerprint density at radius 2 is 1.74 bits per heavy atom. The van der Waals surface area contributed by atoms with Crippen LogP contribution in [0.25, 0.3) is 0 Å². The zero-order chi connectivity index (χ0) is 17.5. The molecule has 1 heterocycles. The zero-order valence-corrected chi connectivity index (χ0v) is 15.3. The molecule has 6 heteroatoms. The van der Waals surface area contributed by atoms with Crippen molar-refractivity contribution in [1.82, 2.24) is 15.5 Å². The van der Waals surface area contributed by atoms with Crippen LogP contribution in [0.1, 0.15) is 47.5 Å². The van der Waals surface area contributed by atoms with Crippen molar-refractivity contribution in [3.63, 3.8) is 0 Å². The number of nitrogens with one attached hydrogen (secondary N) is 2. The van der Waals surface area contributed by atoms with Gasteiger partial charge in [0.1, 0.15) is 5.60 Å². The molecule has 1 fully saturated rings. The lowest BCUT2D eigenvalue weighted by atomic mass is 9.96. The second kappa shape index (κ2) is 9.11. The maximum absolute atomic E-state index is 12.0. The molecule has 1 aliphatic heterocycles. The second-order valence-electron chi connectivity index (χ2n) is 7.61. The lowest BCUT2D eigenvalue weighted by molar-refractivity contribution is -0.129. The van der Waals surface area contributed by atoms with E-state index >= 15 is 0 Å². The Morgan fingerprint density at radius 3 is 2.26 bits per heavy atom. The van der Waals surface area contributed by atoms with Gasteiger partial charge in [0.2, 0.25) is 5.91 Å². The van der Waals surface area contributed by atoms with Crippen molar-refractivity contribution in [2.75, 3.05) is 32.7 Å². The summed E-state index contributed by atoms with van der Waals surface area (Å²) in [5.41, 5.74) is -0.488. The highest BCUT2D eigenvalue weighted by atomic mass is 16.6. The molecule has 6 nitrogen and oxygen atoms in total. The Morgan fingerprint density at radius 1 is 1.13 bits per heavy atom. The number of hydrogen-bond donors (Lipinski definition) is 2. The predicted molar refractivity (Wildman–Crippen MR) is 91.2 cm³/mol. The fourth-order valence-corrected chi connectivity index (χ4v) is 2.52. The molecule has 0 aliphatic carbocycles. The molecule has 0 aromatic heterocycles. The van der Waals surface area contributed by atoms with Crippen molar-refractivity contribution in [3.05, 3.63) is 0 Å². The Kier molecular flexibility index (Phi) is 7.82. The van der Waals surface area contributed by atoms with Crippen LogP contribution in [0.2, 0.25) is 0 Å². The van der Waals surface area contributed by atoms with Gasteiger partial charge in [0.05, 0.1) is 6.54 Å². The van der Waals surface area contributed by atoms with E-state index in [-0.39, 0.29) is 11.8 Å². The topological polar surface area (TPSA) is 70.7 Å². The van der Waals surface area contributed by atoms with Crippen LogP contribution >= 0.6 is 0 Å². The average molecular weight is 327 g/mol. The molecule has 23 heavy (non-hydrogen) atoms. The lowest BCUT2D eigenvalue weighted by Gasteiger charge is -2.24. The molecule has 1 saturated heterocycles. The van der Waals surface area contributed by atoms with Gasteiger partial charge in [-0.05, 0) is 45.4 Å². The Balaban J connectivity index is 2.28. The van der Waals surface area contributed by atoms with Gasteiger partial charge < -0.3 is 20.3 Å². The third kappa shape index (κ3) is 8.21. The van der Waals surface area contributed by atoms with E-state index in [0.717, 1.165) is 25.9 Å². The van der Waals surface area contributed by atoms with Gasteiger partial charge in [-0.25, -0.2) is 4.79 Å². The number of ether oxygens (including phenoxy) is 1. The highest BCUT2D eigenvalue weighted by Gasteiger charge is 2.20. The Bertz CT molecular complexity index is 385. The first-order chi connectivity index (χ1) is 10.7. The number of nitrogens with zero attached hydrogens (tertiary/aromatic N) is 1. The van der Waals surface area contributed by atoms with Crippen molar-refractivity contribution in [2.45, 2.75) is 53.1 Å². The van der Waals surface area contributed by atoms with Gasteiger partial charge in [0.15, 0.2) is 0 Å². The molecule has 134 valence electrons. The van der Waals surface area contributed by atoms with Crippen molar-refractivity contribution in [1.29, 1.82) is 0 Å². The normalized spacial score (nSPS) is 16.5. The first kappa shape index (κ1) is 19.7. The van der Waals surface area contributed by atoms with E-state index in [1.165, 1.54) is 0 Å². The maximum atomic E-state index is 12.0. The van der Waals surface area contributed by atoms with Crippen LogP contribution in [0.15, 0.2) is 0 Å². The van der Waals surface area contributed by atoms with E-state index in [9.17, 15) is 9.59 Å². The predicted octanol–water partition coefficient (Wildman–Crippen LogP) is 2.00. The Labute approximate surface area is 140 Å². The summed E-state index contributed by atoms with van der Waals surface area (Å²) < 4.78 is 5.25. The Hall–Kier alpha value is -1.30. The van der Waals surface area contributed by atoms with Crippen LogP contribution in [-0.2, 0) is 9.53 Å². The summed E-state index contributed by atoms with van der Waals surface area (Å²) in [4.78, 5) is 25.6. The summed E-state index contributed by atoms with van der Waals surface area (Å²) in [5.74, 6) is 0.832. The minimum Gasteiger partial charge on any atom is -0.444 e. The fraction of sp³-hybridized carbons (Fsp3) is 0.882. The molecule has 2 N–H and O–H groups in total. The molecule has 1 atom stereocenters. The summed E-state index contributed by atoms with van der Waals surface area (Å²) in [6.45, 7) is 13.1. The van der Waals surface area contributed by atoms with Crippen LogP contribution in [0, 0.1) is 11.8 Å². The number of hydrogen-bond acceptors (Lipinski definition) is 4. The van der Waals surface area contributed by atoms with Gasteiger partial charge in [-0.2, -0.15) is 0 Å². The molecule has 0 aromatic rings. The zero-order valence-electron chi connectivity index (χ0n) is 15.3. The first-order valence-corrected chi connectivity index (χ1v) is 8.64. The average Bonchev–Trinajstić information content (AvgIpc) is 2.93. The summed E-state index contributed by atoms with van der Waals surface area (Å²) in [5, 5.41) is 6.05. The highest BCUT2D eigenvalue weighted by molar-refractivity contribution is 5.78. The van der Waals surface area contributed by atoms with Gasteiger partial charge in [-0.1, -0.05) is 13.8 Å². The highest BCUT2D eigenvalue weighted by Crippen LogP contribution is 2.11. The maximum Gasteiger partial charge on any atom is 0.407 e. The molecule has 0 bridgehead atoms. The van der Waals surface area contributed by atoms with E-state index in [2.05, 4.69) is 24.5 Å². The van der Waals surface area contributed by atoms with E-state index in [0.29, 0.717) is 25.6 Å². The molecule has 2 amide bonds. The van der Waals surface area contributed by atoms with Crippen LogP contribution in [0.5, 0.6) is 0 Å². The van der Waals surface area contributed by atoms with Crippen molar-refractivity contribution >= 4 is 12.0 Å².